The van der Waals surface area contributed by atoms with Gasteiger partial charge >= 0.3 is 6.18 Å². The highest BCUT2D eigenvalue weighted by molar-refractivity contribution is 7.80. The van der Waals surface area contributed by atoms with Crippen LogP contribution in [0.3, 0.4) is 0 Å². The monoisotopic (exact) mass is 338 g/mol. The molecular formula is C17H17F3N2S. The average molecular weight is 338 g/mol. The molecule has 0 aromatic heterocycles. The fourth-order valence-electron chi connectivity index (χ4n) is 2.29. The van der Waals surface area contributed by atoms with Gasteiger partial charge in [-0.3, -0.25) is 0 Å². The second-order valence-electron chi connectivity index (χ2n) is 5.26. The number of halogens is 3. The maximum Gasteiger partial charge on any atom is 0.416 e. The van der Waals surface area contributed by atoms with Gasteiger partial charge in [0, 0.05) is 5.69 Å². The van der Waals surface area contributed by atoms with E-state index >= 15 is 0 Å². The molecule has 23 heavy (non-hydrogen) atoms. The summed E-state index contributed by atoms with van der Waals surface area (Å²) in [4.78, 5) is 0. The summed E-state index contributed by atoms with van der Waals surface area (Å²) in [6.07, 6.45) is -4.37. The number of hydrogen-bond donors (Lipinski definition) is 2. The SMILES string of the molecule is Cc1ccccc1C(C)NC(=S)Nc1cccc(C(F)(F)F)c1. The summed E-state index contributed by atoms with van der Waals surface area (Å²) in [6, 6.07) is 12.8. The minimum Gasteiger partial charge on any atom is -0.356 e. The average Bonchev–Trinajstić information content (AvgIpc) is 2.46. The largest absolute Gasteiger partial charge is 0.416 e. The molecule has 0 spiro atoms. The van der Waals surface area contributed by atoms with Crippen LogP contribution in [0.15, 0.2) is 48.5 Å². The number of nitrogens with one attached hydrogen (secondary N) is 2. The van der Waals surface area contributed by atoms with Crippen LogP contribution in [0.4, 0.5) is 18.9 Å². The van der Waals surface area contributed by atoms with E-state index in [1.807, 2.05) is 38.1 Å². The van der Waals surface area contributed by atoms with Crippen LogP contribution >= 0.6 is 12.2 Å². The van der Waals surface area contributed by atoms with E-state index in [1.54, 1.807) is 6.07 Å². The van der Waals surface area contributed by atoms with Gasteiger partial charge in [-0.05, 0) is 55.4 Å². The number of rotatable bonds is 3. The molecular weight excluding hydrogens is 321 g/mol. The van der Waals surface area contributed by atoms with Crippen molar-refractivity contribution in [2.45, 2.75) is 26.1 Å². The minimum atomic E-state index is -4.37. The molecule has 0 fully saturated rings. The molecule has 122 valence electrons. The molecule has 2 aromatic carbocycles. The van der Waals surface area contributed by atoms with E-state index in [1.165, 1.54) is 6.07 Å². The van der Waals surface area contributed by atoms with Crippen LogP contribution in [-0.2, 0) is 6.18 Å². The third-order valence-electron chi connectivity index (χ3n) is 3.45. The van der Waals surface area contributed by atoms with Gasteiger partial charge in [-0.2, -0.15) is 13.2 Å². The summed E-state index contributed by atoms with van der Waals surface area (Å²) in [6.45, 7) is 3.94. The normalized spacial score (nSPS) is 12.6. The number of thiocarbonyl (C=S) groups is 1. The van der Waals surface area contributed by atoms with Crippen molar-refractivity contribution in [2.24, 2.45) is 0 Å². The first-order valence-corrected chi connectivity index (χ1v) is 7.48. The molecule has 0 bridgehead atoms. The van der Waals surface area contributed by atoms with Crippen molar-refractivity contribution in [2.75, 3.05) is 5.32 Å². The molecule has 2 rings (SSSR count). The Labute approximate surface area is 138 Å². The summed E-state index contributed by atoms with van der Waals surface area (Å²) in [7, 11) is 0. The van der Waals surface area contributed by atoms with Crippen molar-refractivity contribution in [3.05, 3.63) is 65.2 Å². The van der Waals surface area contributed by atoms with Crippen molar-refractivity contribution in [1.29, 1.82) is 0 Å². The fraction of sp³-hybridized carbons (Fsp3) is 0.235. The summed E-state index contributed by atoms with van der Waals surface area (Å²) in [5.41, 5.74) is 1.79. The number of benzene rings is 2. The lowest BCUT2D eigenvalue weighted by Gasteiger charge is -2.19. The second kappa shape index (κ2) is 7.00. The van der Waals surface area contributed by atoms with Crippen molar-refractivity contribution < 1.29 is 13.2 Å². The molecule has 2 N–H and O–H groups in total. The second-order valence-corrected chi connectivity index (χ2v) is 5.66. The van der Waals surface area contributed by atoms with Gasteiger partial charge in [0.2, 0.25) is 0 Å². The van der Waals surface area contributed by atoms with Gasteiger partial charge in [0.05, 0.1) is 11.6 Å². The smallest absolute Gasteiger partial charge is 0.356 e. The molecule has 0 heterocycles. The molecule has 0 saturated heterocycles. The Morgan fingerprint density at radius 2 is 1.78 bits per heavy atom. The topological polar surface area (TPSA) is 24.1 Å². The lowest BCUT2D eigenvalue weighted by atomic mass is 10.0. The predicted octanol–water partition coefficient (Wildman–Crippen LogP) is 5.06. The number of anilines is 1. The van der Waals surface area contributed by atoms with E-state index in [0.717, 1.165) is 23.3 Å². The zero-order chi connectivity index (χ0) is 17.0. The fourth-order valence-corrected chi connectivity index (χ4v) is 2.58. The van der Waals surface area contributed by atoms with Crippen LogP contribution in [-0.4, -0.2) is 5.11 Å². The third-order valence-corrected chi connectivity index (χ3v) is 3.67. The van der Waals surface area contributed by atoms with Crippen molar-refractivity contribution in [3.8, 4) is 0 Å². The maximum atomic E-state index is 12.7. The Bertz CT molecular complexity index is 698. The molecule has 0 aliphatic rings. The first kappa shape index (κ1) is 17.3. The van der Waals surface area contributed by atoms with Crippen LogP contribution in [0, 0.1) is 6.92 Å². The Morgan fingerprint density at radius 3 is 2.43 bits per heavy atom. The Kier molecular flexibility index (Phi) is 5.26. The molecule has 6 heteroatoms. The van der Waals surface area contributed by atoms with Crippen LogP contribution in [0.1, 0.15) is 29.7 Å². The molecule has 0 saturated carbocycles. The lowest BCUT2D eigenvalue weighted by molar-refractivity contribution is -0.137. The predicted molar refractivity (Wildman–Crippen MR) is 90.4 cm³/mol. The Hall–Kier alpha value is -2.08. The Morgan fingerprint density at radius 1 is 1.09 bits per heavy atom. The van der Waals surface area contributed by atoms with E-state index in [2.05, 4.69) is 10.6 Å². The molecule has 0 aliphatic carbocycles. The van der Waals surface area contributed by atoms with E-state index in [-0.39, 0.29) is 11.2 Å². The van der Waals surface area contributed by atoms with Crippen molar-refractivity contribution >= 4 is 23.0 Å². The van der Waals surface area contributed by atoms with Crippen LogP contribution in [0.2, 0.25) is 0 Å². The van der Waals surface area contributed by atoms with Gasteiger partial charge in [0.25, 0.3) is 0 Å². The van der Waals surface area contributed by atoms with Gasteiger partial charge in [-0.25, -0.2) is 0 Å². The van der Waals surface area contributed by atoms with Crippen molar-refractivity contribution in [3.63, 3.8) is 0 Å². The van der Waals surface area contributed by atoms with Crippen LogP contribution < -0.4 is 10.6 Å². The summed E-state index contributed by atoms with van der Waals surface area (Å²) in [5.74, 6) is 0. The maximum absolute atomic E-state index is 12.7. The standard InChI is InChI=1S/C17H17F3N2S/c1-11-6-3-4-9-15(11)12(2)21-16(23)22-14-8-5-7-13(10-14)17(18,19)20/h3-10,12H,1-2H3,(H2,21,22,23). The molecule has 1 atom stereocenters. The zero-order valence-corrected chi connectivity index (χ0v) is 13.6. The van der Waals surface area contributed by atoms with Gasteiger partial charge in [0.1, 0.15) is 0 Å². The number of aryl methyl sites for hydroxylation is 1. The molecule has 1 unspecified atom stereocenters. The van der Waals surface area contributed by atoms with Gasteiger partial charge in [-0.1, -0.05) is 30.3 Å². The summed E-state index contributed by atoms with van der Waals surface area (Å²) < 4.78 is 38.1. The van der Waals surface area contributed by atoms with Gasteiger partial charge < -0.3 is 10.6 Å². The number of hydrogen-bond acceptors (Lipinski definition) is 1. The van der Waals surface area contributed by atoms with Crippen LogP contribution in [0.5, 0.6) is 0 Å². The number of alkyl halides is 3. The lowest BCUT2D eigenvalue weighted by Crippen LogP contribution is -2.31. The summed E-state index contributed by atoms with van der Waals surface area (Å²) >= 11 is 5.19. The highest BCUT2D eigenvalue weighted by Crippen LogP contribution is 2.30. The molecule has 2 nitrogen and oxygen atoms in total. The Balaban J connectivity index is 2.04. The molecule has 0 aliphatic heterocycles. The quantitative estimate of drug-likeness (QED) is 0.765. The van der Waals surface area contributed by atoms with Gasteiger partial charge in [-0.15, -0.1) is 0 Å². The van der Waals surface area contributed by atoms with E-state index in [4.69, 9.17) is 12.2 Å². The molecule has 0 radical (unpaired) electrons. The molecule has 0 amide bonds. The first-order chi connectivity index (χ1) is 10.8. The minimum absolute atomic E-state index is 0.0537. The van der Waals surface area contributed by atoms with Crippen LogP contribution in [0.25, 0.3) is 0 Å². The first-order valence-electron chi connectivity index (χ1n) is 7.07. The third kappa shape index (κ3) is 4.69. The molecule has 2 aromatic rings. The highest BCUT2D eigenvalue weighted by atomic mass is 32.1. The van der Waals surface area contributed by atoms with Gasteiger partial charge in [0.15, 0.2) is 5.11 Å². The van der Waals surface area contributed by atoms with E-state index in [9.17, 15) is 13.2 Å². The zero-order valence-electron chi connectivity index (χ0n) is 12.7. The highest BCUT2D eigenvalue weighted by Gasteiger charge is 2.30. The summed E-state index contributed by atoms with van der Waals surface area (Å²) in [5, 5.41) is 6.16. The van der Waals surface area contributed by atoms with E-state index < -0.39 is 11.7 Å². The van der Waals surface area contributed by atoms with Crippen molar-refractivity contribution in [1.82, 2.24) is 5.32 Å². The van der Waals surface area contributed by atoms with E-state index in [0.29, 0.717) is 5.69 Å².